The molecule has 72 valence electrons. The van der Waals surface area contributed by atoms with Crippen LogP contribution in [0.2, 0.25) is 10.3 Å². The molecule has 0 aliphatic rings. The van der Waals surface area contributed by atoms with Crippen molar-refractivity contribution in [2.45, 2.75) is 12.5 Å². The predicted octanol–water partition coefficient (Wildman–Crippen LogP) is 1.17. The van der Waals surface area contributed by atoms with E-state index in [1.165, 1.54) is 6.33 Å². The summed E-state index contributed by atoms with van der Waals surface area (Å²) in [5, 5.41) is 9.89. The minimum absolute atomic E-state index is 0.168. The molecule has 1 aromatic rings. The van der Waals surface area contributed by atoms with Gasteiger partial charge in [0.2, 0.25) is 0 Å². The van der Waals surface area contributed by atoms with Crippen molar-refractivity contribution < 1.29 is 5.11 Å². The number of rotatable bonds is 3. The van der Waals surface area contributed by atoms with E-state index in [0.717, 1.165) is 0 Å². The quantitative estimate of drug-likeness (QED) is 0.753. The van der Waals surface area contributed by atoms with Crippen molar-refractivity contribution in [3.63, 3.8) is 0 Å². The van der Waals surface area contributed by atoms with Gasteiger partial charge < -0.3 is 10.8 Å². The van der Waals surface area contributed by atoms with Crippen LogP contribution in [0.15, 0.2) is 6.33 Å². The van der Waals surface area contributed by atoms with Crippen LogP contribution in [0.3, 0.4) is 0 Å². The van der Waals surface area contributed by atoms with Crippen molar-refractivity contribution in [1.82, 2.24) is 9.97 Å². The summed E-state index contributed by atoms with van der Waals surface area (Å²) in [6.07, 6.45) is 0.821. The third-order valence-corrected chi connectivity index (χ3v) is 2.16. The number of aliphatic hydroxyl groups is 1. The Labute approximate surface area is 85.7 Å². The van der Waals surface area contributed by atoms with Gasteiger partial charge in [0.05, 0.1) is 11.7 Å². The molecule has 6 heteroatoms. The Morgan fingerprint density at radius 2 is 1.92 bits per heavy atom. The Bertz CT molecular complexity index is 275. The van der Waals surface area contributed by atoms with Gasteiger partial charge in [-0.05, 0) is 13.0 Å². The van der Waals surface area contributed by atoms with E-state index < -0.39 is 6.10 Å². The number of hydrogen-bond donors (Lipinski definition) is 2. The SMILES string of the molecule is NCC[C@H](O)c1c(Cl)ncnc1Cl. The van der Waals surface area contributed by atoms with Gasteiger partial charge >= 0.3 is 0 Å². The Hall–Kier alpha value is -0.420. The molecule has 1 rings (SSSR count). The van der Waals surface area contributed by atoms with Crippen LogP contribution in [0.5, 0.6) is 0 Å². The van der Waals surface area contributed by atoms with Crippen LogP contribution >= 0.6 is 23.2 Å². The van der Waals surface area contributed by atoms with Crippen molar-refractivity contribution in [3.8, 4) is 0 Å². The normalized spacial score (nSPS) is 12.9. The molecule has 1 aromatic heterocycles. The standard InChI is InChI=1S/C7H9Cl2N3O/c8-6-5(4(13)1-2-10)7(9)12-3-11-6/h3-4,13H,1-2,10H2/t4-/m0/s1. The first kappa shape index (κ1) is 10.7. The molecule has 0 fully saturated rings. The molecule has 0 aliphatic carbocycles. The van der Waals surface area contributed by atoms with Gasteiger partial charge in [-0.15, -0.1) is 0 Å². The largest absolute Gasteiger partial charge is 0.388 e. The summed E-state index contributed by atoms with van der Waals surface area (Å²) < 4.78 is 0. The van der Waals surface area contributed by atoms with Gasteiger partial charge in [0, 0.05) is 0 Å². The molecule has 0 unspecified atom stereocenters. The molecule has 0 amide bonds. The average Bonchev–Trinajstić information content (AvgIpc) is 2.04. The Kier molecular flexibility index (Phi) is 3.87. The van der Waals surface area contributed by atoms with Gasteiger partial charge in [-0.3, -0.25) is 0 Å². The zero-order chi connectivity index (χ0) is 9.84. The fourth-order valence-corrected chi connectivity index (χ4v) is 1.50. The summed E-state index contributed by atoms with van der Waals surface area (Å²) in [5.41, 5.74) is 5.62. The molecule has 0 spiro atoms. The number of halogens is 2. The lowest BCUT2D eigenvalue weighted by atomic mass is 10.1. The molecule has 0 aromatic carbocycles. The molecular weight excluding hydrogens is 213 g/mol. The first-order chi connectivity index (χ1) is 6.16. The lowest BCUT2D eigenvalue weighted by molar-refractivity contribution is 0.169. The minimum Gasteiger partial charge on any atom is -0.388 e. The lowest BCUT2D eigenvalue weighted by Gasteiger charge is -2.11. The first-order valence-electron chi connectivity index (χ1n) is 3.70. The van der Waals surface area contributed by atoms with E-state index in [9.17, 15) is 5.11 Å². The minimum atomic E-state index is -0.800. The summed E-state index contributed by atoms with van der Waals surface area (Å²) in [6.45, 7) is 0.350. The van der Waals surface area contributed by atoms with Crippen LogP contribution in [0.4, 0.5) is 0 Å². The van der Waals surface area contributed by atoms with Crippen LogP contribution in [-0.2, 0) is 0 Å². The fourth-order valence-electron chi connectivity index (χ4n) is 0.932. The highest BCUT2D eigenvalue weighted by atomic mass is 35.5. The topological polar surface area (TPSA) is 72.0 Å². The number of aliphatic hydroxyl groups excluding tert-OH is 1. The Morgan fingerprint density at radius 1 is 1.38 bits per heavy atom. The molecular formula is C7H9Cl2N3O. The average molecular weight is 222 g/mol. The number of hydrogen-bond acceptors (Lipinski definition) is 4. The van der Waals surface area contributed by atoms with Gasteiger partial charge in [0.15, 0.2) is 0 Å². The molecule has 0 saturated carbocycles. The molecule has 0 bridgehead atoms. The van der Waals surface area contributed by atoms with Crippen LogP contribution < -0.4 is 5.73 Å². The molecule has 4 nitrogen and oxygen atoms in total. The van der Waals surface area contributed by atoms with E-state index in [2.05, 4.69) is 9.97 Å². The smallest absolute Gasteiger partial charge is 0.139 e. The zero-order valence-corrected chi connectivity index (χ0v) is 8.26. The van der Waals surface area contributed by atoms with E-state index in [-0.39, 0.29) is 10.3 Å². The Morgan fingerprint density at radius 3 is 2.38 bits per heavy atom. The van der Waals surface area contributed by atoms with Gasteiger partial charge in [0.25, 0.3) is 0 Å². The molecule has 0 aliphatic heterocycles. The van der Waals surface area contributed by atoms with Gasteiger partial charge in [0.1, 0.15) is 16.6 Å². The second kappa shape index (κ2) is 4.72. The molecule has 0 radical (unpaired) electrons. The van der Waals surface area contributed by atoms with E-state index in [1.807, 2.05) is 0 Å². The highest BCUT2D eigenvalue weighted by molar-refractivity contribution is 6.34. The molecule has 0 saturated heterocycles. The van der Waals surface area contributed by atoms with E-state index in [4.69, 9.17) is 28.9 Å². The lowest BCUT2D eigenvalue weighted by Crippen LogP contribution is -2.08. The summed E-state index contributed by atoms with van der Waals surface area (Å²) >= 11 is 11.4. The van der Waals surface area contributed by atoms with Crippen LogP contribution in [0, 0.1) is 0 Å². The van der Waals surface area contributed by atoms with Crippen LogP contribution in [-0.4, -0.2) is 21.6 Å². The monoisotopic (exact) mass is 221 g/mol. The summed E-state index contributed by atoms with van der Waals surface area (Å²) in [6, 6.07) is 0. The van der Waals surface area contributed by atoms with Gasteiger partial charge in [-0.2, -0.15) is 0 Å². The fraction of sp³-hybridized carbons (Fsp3) is 0.429. The maximum atomic E-state index is 9.55. The summed E-state index contributed by atoms with van der Waals surface area (Å²) in [7, 11) is 0. The molecule has 13 heavy (non-hydrogen) atoms. The van der Waals surface area contributed by atoms with Crippen molar-refractivity contribution in [2.75, 3.05) is 6.54 Å². The predicted molar refractivity (Wildman–Crippen MR) is 50.7 cm³/mol. The Balaban J connectivity index is 2.98. The van der Waals surface area contributed by atoms with Crippen molar-refractivity contribution in [3.05, 3.63) is 22.2 Å². The highest BCUT2D eigenvalue weighted by Gasteiger charge is 2.16. The van der Waals surface area contributed by atoms with Gasteiger partial charge in [-0.25, -0.2) is 9.97 Å². The van der Waals surface area contributed by atoms with Crippen LogP contribution in [0.25, 0.3) is 0 Å². The molecule has 1 heterocycles. The van der Waals surface area contributed by atoms with Crippen LogP contribution in [0.1, 0.15) is 18.1 Å². The van der Waals surface area contributed by atoms with Gasteiger partial charge in [-0.1, -0.05) is 23.2 Å². The number of nitrogens with zero attached hydrogens (tertiary/aromatic N) is 2. The third kappa shape index (κ3) is 2.51. The van der Waals surface area contributed by atoms with Crippen molar-refractivity contribution >= 4 is 23.2 Å². The number of aromatic nitrogens is 2. The van der Waals surface area contributed by atoms with E-state index in [0.29, 0.717) is 18.5 Å². The third-order valence-electron chi connectivity index (χ3n) is 1.56. The second-order valence-electron chi connectivity index (χ2n) is 2.46. The highest BCUT2D eigenvalue weighted by Crippen LogP contribution is 2.28. The first-order valence-corrected chi connectivity index (χ1v) is 4.46. The maximum Gasteiger partial charge on any atom is 0.139 e. The van der Waals surface area contributed by atoms with Crippen molar-refractivity contribution in [1.29, 1.82) is 0 Å². The second-order valence-corrected chi connectivity index (χ2v) is 3.18. The van der Waals surface area contributed by atoms with E-state index >= 15 is 0 Å². The summed E-state index contributed by atoms with van der Waals surface area (Å²) in [4.78, 5) is 7.42. The molecule has 1 atom stereocenters. The zero-order valence-electron chi connectivity index (χ0n) is 6.74. The maximum absolute atomic E-state index is 9.55. The number of nitrogens with two attached hydrogens (primary N) is 1. The summed E-state index contributed by atoms with van der Waals surface area (Å²) in [5.74, 6) is 0. The molecule has 3 N–H and O–H groups in total. The van der Waals surface area contributed by atoms with Crippen molar-refractivity contribution in [2.24, 2.45) is 5.73 Å². The van der Waals surface area contributed by atoms with E-state index in [1.54, 1.807) is 0 Å².